The van der Waals surface area contributed by atoms with Crippen LogP contribution >= 0.6 is 0 Å². The monoisotopic (exact) mass is 276 g/mol. The molecule has 2 rings (SSSR count). The molecule has 19 heavy (non-hydrogen) atoms. The van der Waals surface area contributed by atoms with Gasteiger partial charge in [-0.25, -0.2) is 0 Å². The lowest BCUT2D eigenvalue weighted by Gasteiger charge is -2.33. The molecule has 0 amide bonds. The predicted molar refractivity (Wildman–Crippen MR) is 64.4 cm³/mol. The number of aliphatic hydroxyl groups excluding tert-OH is 1. The van der Waals surface area contributed by atoms with Gasteiger partial charge in [0.2, 0.25) is 0 Å². The lowest BCUT2D eigenvalue weighted by Crippen LogP contribution is -2.31. The van der Waals surface area contributed by atoms with Gasteiger partial charge in [-0.3, -0.25) is 4.68 Å². The second-order valence-electron chi connectivity index (χ2n) is 5.18. The number of alkyl halides is 3. The molecule has 1 saturated carbocycles. The van der Waals surface area contributed by atoms with Crippen LogP contribution in [0.25, 0.3) is 0 Å². The average Bonchev–Trinajstić information content (AvgIpc) is 2.85. The van der Waals surface area contributed by atoms with Crippen molar-refractivity contribution in [2.24, 2.45) is 11.8 Å². The average molecular weight is 276 g/mol. The van der Waals surface area contributed by atoms with Crippen molar-refractivity contribution in [2.75, 3.05) is 0 Å². The van der Waals surface area contributed by atoms with Crippen LogP contribution in [0.4, 0.5) is 13.2 Å². The Balaban J connectivity index is 2.09. The maximum absolute atomic E-state index is 12.8. The molecule has 0 spiro atoms. The molecule has 0 aliphatic heterocycles. The maximum atomic E-state index is 12.8. The van der Waals surface area contributed by atoms with E-state index < -0.39 is 18.2 Å². The molecule has 1 aromatic heterocycles. The summed E-state index contributed by atoms with van der Waals surface area (Å²) < 4.78 is 39.9. The highest BCUT2D eigenvalue weighted by Gasteiger charge is 2.43. The van der Waals surface area contributed by atoms with Gasteiger partial charge in [0.25, 0.3) is 0 Å². The first-order valence-corrected chi connectivity index (χ1v) is 6.70. The third kappa shape index (κ3) is 3.11. The Morgan fingerprint density at radius 3 is 2.84 bits per heavy atom. The zero-order chi connectivity index (χ0) is 14.0. The van der Waals surface area contributed by atoms with Gasteiger partial charge >= 0.3 is 6.18 Å². The summed E-state index contributed by atoms with van der Waals surface area (Å²) >= 11 is 0. The second kappa shape index (κ2) is 5.53. The van der Waals surface area contributed by atoms with Crippen LogP contribution in [-0.2, 0) is 6.54 Å². The molecule has 6 heteroatoms. The third-order valence-electron chi connectivity index (χ3n) is 3.98. The number of aliphatic hydroxyl groups is 1. The molecule has 0 radical (unpaired) electrons. The van der Waals surface area contributed by atoms with Crippen LogP contribution in [0, 0.1) is 11.8 Å². The van der Waals surface area contributed by atoms with Gasteiger partial charge in [-0.1, -0.05) is 6.42 Å². The van der Waals surface area contributed by atoms with E-state index in [4.69, 9.17) is 0 Å². The number of nitrogens with zero attached hydrogens (tertiary/aromatic N) is 2. The van der Waals surface area contributed by atoms with Crippen LogP contribution in [0.5, 0.6) is 0 Å². The molecule has 3 atom stereocenters. The van der Waals surface area contributed by atoms with Gasteiger partial charge in [0.15, 0.2) is 0 Å². The summed E-state index contributed by atoms with van der Waals surface area (Å²) in [6, 6.07) is 1.69. The normalized spacial score (nSPS) is 26.4. The lowest BCUT2D eigenvalue weighted by molar-refractivity contribution is -0.189. The van der Waals surface area contributed by atoms with Crippen LogP contribution in [-0.4, -0.2) is 21.1 Å². The molecule has 1 aromatic rings. The molecule has 1 fully saturated rings. The summed E-state index contributed by atoms with van der Waals surface area (Å²) in [6.45, 7) is 2.50. The standard InChI is InChI=1S/C13H19F3N2O/c1-2-18-11(6-7-17-18)12(19)9-4-3-5-10(8-9)13(14,15)16/h6-7,9-10,12,19H,2-5,8H2,1H3. The zero-order valence-corrected chi connectivity index (χ0v) is 10.9. The van der Waals surface area contributed by atoms with Crippen molar-refractivity contribution in [3.8, 4) is 0 Å². The SMILES string of the molecule is CCn1nccc1C(O)C1CCCC(C(F)(F)F)C1. The minimum atomic E-state index is -4.15. The van der Waals surface area contributed by atoms with Crippen LogP contribution in [0.2, 0.25) is 0 Å². The molecular formula is C13H19F3N2O. The Morgan fingerprint density at radius 1 is 1.47 bits per heavy atom. The summed E-state index contributed by atoms with van der Waals surface area (Å²) in [5, 5.41) is 14.4. The summed E-state index contributed by atoms with van der Waals surface area (Å²) in [6.07, 6.45) is -2.07. The maximum Gasteiger partial charge on any atom is 0.391 e. The highest BCUT2D eigenvalue weighted by molar-refractivity contribution is 5.06. The molecule has 1 aliphatic carbocycles. The van der Waals surface area contributed by atoms with E-state index >= 15 is 0 Å². The molecule has 0 saturated heterocycles. The number of halogens is 3. The van der Waals surface area contributed by atoms with Gasteiger partial charge in [0.1, 0.15) is 0 Å². The topological polar surface area (TPSA) is 38.0 Å². The summed E-state index contributed by atoms with van der Waals surface area (Å²) in [7, 11) is 0. The van der Waals surface area contributed by atoms with Gasteiger partial charge in [-0.05, 0) is 38.2 Å². The first-order valence-electron chi connectivity index (χ1n) is 6.70. The molecule has 1 N–H and O–H groups in total. The Kier molecular flexibility index (Phi) is 4.18. The summed E-state index contributed by atoms with van der Waals surface area (Å²) in [5.41, 5.74) is 0.621. The number of hydrogen-bond acceptors (Lipinski definition) is 2. The Labute approximate surface area is 110 Å². The van der Waals surface area contributed by atoms with Crippen LogP contribution in [0.3, 0.4) is 0 Å². The summed E-state index contributed by atoms with van der Waals surface area (Å²) in [4.78, 5) is 0. The Hall–Kier alpha value is -1.04. The molecular weight excluding hydrogens is 257 g/mol. The van der Waals surface area contributed by atoms with Crippen LogP contribution in [0.15, 0.2) is 12.3 Å². The highest BCUT2D eigenvalue weighted by atomic mass is 19.4. The van der Waals surface area contributed by atoms with Crippen LogP contribution in [0.1, 0.15) is 44.4 Å². The smallest absolute Gasteiger partial charge is 0.387 e. The molecule has 0 aromatic carbocycles. The van der Waals surface area contributed by atoms with Gasteiger partial charge in [-0.2, -0.15) is 18.3 Å². The summed E-state index contributed by atoms with van der Waals surface area (Å²) in [5.74, 6) is -1.61. The van der Waals surface area contributed by atoms with Crippen molar-refractivity contribution in [3.63, 3.8) is 0 Å². The molecule has 3 unspecified atom stereocenters. The second-order valence-corrected chi connectivity index (χ2v) is 5.18. The van der Waals surface area contributed by atoms with Crippen molar-refractivity contribution in [1.82, 2.24) is 9.78 Å². The van der Waals surface area contributed by atoms with Crippen molar-refractivity contribution in [1.29, 1.82) is 0 Å². The van der Waals surface area contributed by atoms with E-state index in [1.807, 2.05) is 6.92 Å². The molecule has 108 valence electrons. The number of rotatable bonds is 3. The fraction of sp³-hybridized carbons (Fsp3) is 0.769. The van der Waals surface area contributed by atoms with Gasteiger partial charge in [0, 0.05) is 12.7 Å². The first kappa shape index (κ1) is 14.4. The van der Waals surface area contributed by atoms with Crippen molar-refractivity contribution in [2.45, 2.75) is 51.4 Å². The van der Waals surface area contributed by atoms with Crippen LogP contribution < -0.4 is 0 Å². The van der Waals surface area contributed by atoms with Crippen molar-refractivity contribution in [3.05, 3.63) is 18.0 Å². The van der Waals surface area contributed by atoms with Gasteiger partial charge in [0.05, 0.1) is 17.7 Å². The number of hydrogen-bond donors (Lipinski definition) is 1. The lowest BCUT2D eigenvalue weighted by atomic mass is 9.77. The van der Waals surface area contributed by atoms with E-state index in [1.165, 1.54) is 0 Å². The zero-order valence-electron chi connectivity index (χ0n) is 10.9. The molecule has 3 nitrogen and oxygen atoms in total. The molecule has 1 aliphatic rings. The fourth-order valence-electron chi connectivity index (χ4n) is 2.91. The van der Waals surface area contributed by atoms with Crippen molar-refractivity contribution < 1.29 is 18.3 Å². The van der Waals surface area contributed by atoms with Gasteiger partial charge < -0.3 is 5.11 Å². The van der Waals surface area contributed by atoms with E-state index in [-0.39, 0.29) is 18.8 Å². The predicted octanol–water partition coefficient (Wildman–Crippen LogP) is 3.31. The number of aromatic nitrogens is 2. The highest BCUT2D eigenvalue weighted by Crippen LogP contribution is 2.43. The Bertz CT molecular complexity index is 416. The van der Waals surface area contributed by atoms with E-state index in [0.29, 0.717) is 25.1 Å². The van der Waals surface area contributed by atoms with E-state index in [1.54, 1.807) is 16.9 Å². The quantitative estimate of drug-likeness (QED) is 0.919. The number of aryl methyl sites for hydroxylation is 1. The van der Waals surface area contributed by atoms with E-state index in [0.717, 1.165) is 0 Å². The minimum absolute atomic E-state index is 0.0135. The van der Waals surface area contributed by atoms with Crippen molar-refractivity contribution >= 4 is 0 Å². The van der Waals surface area contributed by atoms with Gasteiger partial charge in [-0.15, -0.1) is 0 Å². The Morgan fingerprint density at radius 2 is 2.21 bits per heavy atom. The molecule has 1 heterocycles. The molecule has 0 bridgehead atoms. The third-order valence-corrected chi connectivity index (χ3v) is 3.98. The minimum Gasteiger partial charge on any atom is -0.387 e. The largest absolute Gasteiger partial charge is 0.391 e. The fourth-order valence-corrected chi connectivity index (χ4v) is 2.91. The van der Waals surface area contributed by atoms with E-state index in [2.05, 4.69) is 5.10 Å². The van der Waals surface area contributed by atoms with E-state index in [9.17, 15) is 18.3 Å². The first-order chi connectivity index (χ1) is 8.93.